The molecule has 148 valence electrons. The Kier molecular flexibility index (Phi) is 6.72. The number of hydrogen-bond acceptors (Lipinski definition) is 4. The van der Waals surface area contributed by atoms with Gasteiger partial charge in [-0.25, -0.2) is 0 Å². The zero-order valence-corrected chi connectivity index (χ0v) is 16.4. The van der Waals surface area contributed by atoms with E-state index in [9.17, 15) is 9.59 Å². The van der Waals surface area contributed by atoms with Crippen molar-refractivity contribution < 1.29 is 14.3 Å². The number of nitrogens with zero attached hydrogens (tertiary/aromatic N) is 2. The number of piperazine rings is 1. The summed E-state index contributed by atoms with van der Waals surface area (Å²) in [4.78, 5) is 29.3. The first-order chi connectivity index (χ1) is 13.1. The Balaban J connectivity index is 1.67. The van der Waals surface area contributed by atoms with Crippen LogP contribution in [-0.4, -0.2) is 60.9 Å². The number of hydrogen-bond donors (Lipinski definition) is 1. The molecular weight excluding hydrogens is 342 g/mol. The first kappa shape index (κ1) is 19.7. The topological polar surface area (TPSA) is 61.9 Å². The summed E-state index contributed by atoms with van der Waals surface area (Å²) in [7, 11) is 1.63. The first-order valence-electron chi connectivity index (χ1n) is 10.1. The van der Waals surface area contributed by atoms with Gasteiger partial charge in [0.05, 0.1) is 13.2 Å². The largest absolute Gasteiger partial charge is 0.497 e. The van der Waals surface area contributed by atoms with Gasteiger partial charge in [-0.05, 0) is 43.0 Å². The maximum atomic E-state index is 13.2. The Bertz CT molecular complexity index is 633. The van der Waals surface area contributed by atoms with Gasteiger partial charge < -0.3 is 15.0 Å². The van der Waals surface area contributed by atoms with E-state index in [0.29, 0.717) is 25.4 Å². The van der Waals surface area contributed by atoms with E-state index in [-0.39, 0.29) is 17.9 Å². The molecule has 2 fully saturated rings. The van der Waals surface area contributed by atoms with Crippen LogP contribution in [0.15, 0.2) is 24.3 Å². The second kappa shape index (κ2) is 9.22. The van der Waals surface area contributed by atoms with Crippen LogP contribution >= 0.6 is 0 Å². The van der Waals surface area contributed by atoms with E-state index < -0.39 is 0 Å². The molecule has 1 aliphatic carbocycles. The van der Waals surface area contributed by atoms with E-state index in [1.165, 1.54) is 12.8 Å². The molecule has 0 aromatic heterocycles. The summed E-state index contributed by atoms with van der Waals surface area (Å²) in [5, 5.41) is 3.10. The maximum absolute atomic E-state index is 13.2. The molecule has 0 spiro atoms. The Morgan fingerprint density at radius 2 is 1.74 bits per heavy atom. The maximum Gasteiger partial charge on any atom is 0.242 e. The van der Waals surface area contributed by atoms with Crippen LogP contribution in [0, 0.1) is 5.92 Å². The number of carbonyl (C=O) groups is 2. The number of rotatable bonds is 6. The van der Waals surface area contributed by atoms with Crippen molar-refractivity contribution in [1.82, 2.24) is 9.80 Å². The van der Waals surface area contributed by atoms with E-state index >= 15 is 0 Å². The van der Waals surface area contributed by atoms with Gasteiger partial charge in [-0.3, -0.25) is 14.5 Å². The van der Waals surface area contributed by atoms with Gasteiger partial charge in [-0.1, -0.05) is 19.8 Å². The minimum absolute atomic E-state index is 0.0716. The number of methoxy groups -OCH3 is 1. The molecule has 1 heterocycles. The van der Waals surface area contributed by atoms with Gasteiger partial charge in [0.15, 0.2) is 0 Å². The Morgan fingerprint density at radius 3 is 2.30 bits per heavy atom. The molecule has 6 nitrogen and oxygen atoms in total. The molecule has 27 heavy (non-hydrogen) atoms. The Morgan fingerprint density at radius 1 is 1.11 bits per heavy atom. The fourth-order valence-electron chi connectivity index (χ4n) is 4.31. The minimum Gasteiger partial charge on any atom is -0.497 e. The third-order valence-electron chi connectivity index (χ3n) is 5.84. The van der Waals surface area contributed by atoms with Crippen LogP contribution in [0.2, 0.25) is 0 Å². The molecule has 3 rings (SSSR count). The fraction of sp³-hybridized carbons (Fsp3) is 0.619. The Labute approximate surface area is 161 Å². The summed E-state index contributed by atoms with van der Waals surface area (Å²) in [5.74, 6) is 1.45. The minimum atomic E-state index is -0.117. The summed E-state index contributed by atoms with van der Waals surface area (Å²) in [5.41, 5.74) is 0.795. The number of amides is 2. The van der Waals surface area contributed by atoms with Crippen molar-refractivity contribution in [2.24, 2.45) is 5.92 Å². The lowest BCUT2D eigenvalue weighted by atomic mass is 9.95. The molecule has 0 unspecified atom stereocenters. The van der Waals surface area contributed by atoms with Crippen LogP contribution in [0.1, 0.15) is 39.0 Å². The first-order valence-corrected chi connectivity index (χ1v) is 10.1. The lowest BCUT2D eigenvalue weighted by molar-refractivity contribution is -0.134. The second-order valence-corrected chi connectivity index (χ2v) is 7.48. The molecule has 1 aromatic rings. The molecule has 2 amide bonds. The van der Waals surface area contributed by atoms with Crippen molar-refractivity contribution in [3.05, 3.63) is 24.3 Å². The highest BCUT2D eigenvalue weighted by Gasteiger charge is 2.37. The molecule has 6 heteroatoms. The fourth-order valence-corrected chi connectivity index (χ4v) is 4.31. The predicted molar refractivity (Wildman–Crippen MR) is 106 cm³/mol. The predicted octanol–water partition coefficient (Wildman–Crippen LogP) is 2.75. The molecule has 0 radical (unpaired) electrons. The van der Waals surface area contributed by atoms with E-state index in [0.717, 1.165) is 37.4 Å². The SMILES string of the molecule is CCC(=O)N1CCN([C@@H](C(=O)Nc2ccc(OC)cc2)C2CCCC2)CC1. The van der Waals surface area contributed by atoms with Gasteiger partial charge in [-0.15, -0.1) is 0 Å². The normalized spacial score (nSPS) is 19.7. The zero-order chi connectivity index (χ0) is 19.2. The van der Waals surface area contributed by atoms with Crippen molar-refractivity contribution in [3.8, 4) is 5.75 Å². The highest BCUT2D eigenvalue weighted by molar-refractivity contribution is 5.95. The van der Waals surface area contributed by atoms with Crippen LogP contribution in [0.5, 0.6) is 5.75 Å². The van der Waals surface area contributed by atoms with Crippen molar-refractivity contribution in [2.75, 3.05) is 38.6 Å². The molecule has 1 atom stereocenters. The van der Waals surface area contributed by atoms with Crippen molar-refractivity contribution >= 4 is 17.5 Å². The molecule has 1 aliphatic heterocycles. The van der Waals surface area contributed by atoms with Crippen LogP contribution in [0.25, 0.3) is 0 Å². The highest BCUT2D eigenvalue weighted by atomic mass is 16.5. The van der Waals surface area contributed by atoms with Gasteiger partial charge in [-0.2, -0.15) is 0 Å². The quantitative estimate of drug-likeness (QED) is 0.833. The summed E-state index contributed by atoms with van der Waals surface area (Å²) in [6.07, 6.45) is 5.16. The van der Waals surface area contributed by atoms with Crippen LogP contribution in [0.4, 0.5) is 5.69 Å². The van der Waals surface area contributed by atoms with Gasteiger partial charge in [0.1, 0.15) is 5.75 Å². The zero-order valence-electron chi connectivity index (χ0n) is 16.4. The molecule has 1 aromatic carbocycles. The van der Waals surface area contributed by atoms with Gasteiger partial charge in [0, 0.05) is 38.3 Å². The number of carbonyl (C=O) groups excluding carboxylic acids is 2. The summed E-state index contributed by atoms with van der Waals surface area (Å²) in [6.45, 7) is 4.86. The number of anilines is 1. The molecular formula is C21H31N3O3. The number of ether oxygens (including phenoxy) is 1. The monoisotopic (exact) mass is 373 g/mol. The van der Waals surface area contributed by atoms with E-state index in [1.807, 2.05) is 36.1 Å². The molecule has 2 aliphatic rings. The number of nitrogens with one attached hydrogen (secondary N) is 1. The molecule has 1 saturated carbocycles. The molecule has 1 saturated heterocycles. The highest BCUT2D eigenvalue weighted by Crippen LogP contribution is 2.31. The lowest BCUT2D eigenvalue weighted by Crippen LogP contribution is -2.56. The molecule has 1 N–H and O–H groups in total. The third kappa shape index (κ3) is 4.80. The standard InChI is InChI=1S/C21H31N3O3/c1-3-19(25)23-12-14-24(15-13-23)20(16-6-4-5-7-16)21(26)22-17-8-10-18(27-2)11-9-17/h8-11,16,20H,3-7,12-15H2,1-2H3,(H,22,26)/t20-/m1/s1. The average molecular weight is 373 g/mol. The number of benzene rings is 1. The summed E-state index contributed by atoms with van der Waals surface area (Å²) in [6, 6.07) is 7.35. The van der Waals surface area contributed by atoms with Crippen LogP contribution in [-0.2, 0) is 9.59 Å². The second-order valence-electron chi connectivity index (χ2n) is 7.48. The van der Waals surface area contributed by atoms with Crippen molar-refractivity contribution in [2.45, 2.75) is 45.1 Å². The van der Waals surface area contributed by atoms with Gasteiger partial charge >= 0.3 is 0 Å². The molecule has 0 bridgehead atoms. The third-order valence-corrected chi connectivity index (χ3v) is 5.84. The summed E-state index contributed by atoms with van der Waals surface area (Å²) >= 11 is 0. The van der Waals surface area contributed by atoms with Crippen LogP contribution < -0.4 is 10.1 Å². The van der Waals surface area contributed by atoms with Crippen LogP contribution in [0.3, 0.4) is 0 Å². The van der Waals surface area contributed by atoms with Gasteiger partial charge in [0.2, 0.25) is 11.8 Å². The smallest absolute Gasteiger partial charge is 0.242 e. The van der Waals surface area contributed by atoms with E-state index in [1.54, 1.807) is 7.11 Å². The van der Waals surface area contributed by atoms with Crippen molar-refractivity contribution in [1.29, 1.82) is 0 Å². The van der Waals surface area contributed by atoms with Crippen molar-refractivity contribution in [3.63, 3.8) is 0 Å². The van der Waals surface area contributed by atoms with E-state index in [2.05, 4.69) is 10.2 Å². The van der Waals surface area contributed by atoms with Gasteiger partial charge in [0.25, 0.3) is 0 Å². The Hall–Kier alpha value is -2.08. The summed E-state index contributed by atoms with van der Waals surface area (Å²) < 4.78 is 5.18. The average Bonchev–Trinajstić information content (AvgIpc) is 3.23. The lowest BCUT2D eigenvalue weighted by Gasteiger charge is -2.40. The van der Waals surface area contributed by atoms with E-state index in [4.69, 9.17) is 4.74 Å².